The zero-order valence-electron chi connectivity index (χ0n) is 9.96. The topological polar surface area (TPSA) is 38.3 Å². The van der Waals surface area contributed by atoms with E-state index in [2.05, 4.69) is 5.32 Å². The highest BCUT2D eigenvalue weighted by molar-refractivity contribution is 5.91. The molecule has 0 unspecified atom stereocenters. The minimum atomic E-state index is -0.242. The van der Waals surface area contributed by atoms with E-state index < -0.39 is 0 Å². The van der Waals surface area contributed by atoms with Gasteiger partial charge in [-0.15, -0.1) is 0 Å². The molecular formula is C13H17NO2. The number of nitrogens with one attached hydrogen (secondary N) is 1. The number of hydrogen-bond donors (Lipinski definition) is 1. The number of ether oxygens (including phenoxy) is 1. The SMILES string of the molecule is CN[C@H]1CCc2c1ccc(C(=O)OC)c2C. The summed E-state index contributed by atoms with van der Waals surface area (Å²) in [6.07, 6.45) is 2.15. The number of esters is 1. The van der Waals surface area contributed by atoms with Gasteiger partial charge in [0, 0.05) is 6.04 Å². The lowest BCUT2D eigenvalue weighted by atomic mass is 9.98. The molecule has 0 aromatic heterocycles. The smallest absolute Gasteiger partial charge is 0.338 e. The number of rotatable bonds is 2. The molecule has 1 aliphatic carbocycles. The van der Waals surface area contributed by atoms with Crippen LogP contribution in [0.1, 0.15) is 39.5 Å². The van der Waals surface area contributed by atoms with Crippen molar-refractivity contribution < 1.29 is 9.53 Å². The van der Waals surface area contributed by atoms with Crippen LogP contribution in [0.25, 0.3) is 0 Å². The highest BCUT2D eigenvalue weighted by Crippen LogP contribution is 2.34. The molecule has 1 aromatic rings. The Bertz CT molecular complexity index is 426. The van der Waals surface area contributed by atoms with Gasteiger partial charge in [0.05, 0.1) is 12.7 Å². The number of methoxy groups -OCH3 is 1. The summed E-state index contributed by atoms with van der Waals surface area (Å²) < 4.78 is 4.78. The molecule has 86 valence electrons. The molecule has 3 heteroatoms. The average Bonchev–Trinajstić information content (AvgIpc) is 2.72. The van der Waals surface area contributed by atoms with Crippen LogP contribution in [0.5, 0.6) is 0 Å². The summed E-state index contributed by atoms with van der Waals surface area (Å²) >= 11 is 0. The minimum Gasteiger partial charge on any atom is -0.465 e. The Hall–Kier alpha value is -1.35. The van der Waals surface area contributed by atoms with Gasteiger partial charge >= 0.3 is 5.97 Å². The van der Waals surface area contributed by atoms with Crippen LogP contribution in [0.15, 0.2) is 12.1 Å². The van der Waals surface area contributed by atoms with E-state index in [0.29, 0.717) is 11.6 Å². The summed E-state index contributed by atoms with van der Waals surface area (Å²) in [5.41, 5.74) is 4.40. The van der Waals surface area contributed by atoms with Crippen molar-refractivity contribution in [1.82, 2.24) is 5.32 Å². The molecule has 1 aromatic carbocycles. The fourth-order valence-corrected chi connectivity index (χ4v) is 2.51. The van der Waals surface area contributed by atoms with E-state index in [0.717, 1.165) is 18.4 Å². The summed E-state index contributed by atoms with van der Waals surface area (Å²) in [6.45, 7) is 2.00. The maximum Gasteiger partial charge on any atom is 0.338 e. The number of benzene rings is 1. The Balaban J connectivity index is 2.46. The quantitative estimate of drug-likeness (QED) is 0.773. The second kappa shape index (κ2) is 4.26. The fourth-order valence-electron chi connectivity index (χ4n) is 2.51. The lowest BCUT2D eigenvalue weighted by Gasteiger charge is -2.12. The Morgan fingerprint density at radius 1 is 1.50 bits per heavy atom. The van der Waals surface area contributed by atoms with E-state index >= 15 is 0 Å². The summed E-state index contributed by atoms with van der Waals surface area (Å²) in [4.78, 5) is 11.5. The van der Waals surface area contributed by atoms with Gasteiger partial charge in [0.1, 0.15) is 0 Å². The Labute approximate surface area is 95.8 Å². The maximum atomic E-state index is 11.5. The largest absolute Gasteiger partial charge is 0.465 e. The summed E-state index contributed by atoms with van der Waals surface area (Å²) in [5, 5.41) is 3.29. The van der Waals surface area contributed by atoms with Crippen molar-refractivity contribution in [2.24, 2.45) is 0 Å². The van der Waals surface area contributed by atoms with Gasteiger partial charge in [-0.3, -0.25) is 0 Å². The van der Waals surface area contributed by atoms with Gasteiger partial charge in [-0.05, 0) is 49.6 Å². The molecule has 0 bridgehead atoms. The van der Waals surface area contributed by atoms with Crippen LogP contribution in [0, 0.1) is 6.92 Å². The monoisotopic (exact) mass is 219 g/mol. The summed E-state index contributed by atoms with van der Waals surface area (Å²) in [5.74, 6) is -0.242. The molecule has 1 N–H and O–H groups in total. The highest BCUT2D eigenvalue weighted by atomic mass is 16.5. The van der Waals surface area contributed by atoms with Crippen LogP contribution in [-0.4, -0.2) is 20.1 Å². The first-order chi connectivity index (χ1) is 7.69. The molecule has 1 atom stereocenters. The molecule has 3 nitrogen and oxygen atoms in total. The van der Waals surface area contributed by atoms with Crippen LogP contribution in [0.4, 0.5) is 0 Å². The Kier molecular flexibility index (Phi) is 2.97. The van der Waals surface area contributed by atoms with Crippen molar-refractivity contribution in [3.63, 3.8) is 0 Å². The first kappa shape index (κ1) is 11.1. The van der Waals surface area contributed by atoms with Gasteiger partial charge in [0.15, 0.2) is 0 Å². The predicted octanol–water partition coefficient (Wildman–Crippen LogP) is 1.99. The molecule has 2 rings (SSSR count). The standard InChI is InChI=1S/C13H17NO2/c1-8-9-6-7-12(14-2)11(9)5-4-10(8)13(15)16-3/h4-5,12,14H,6-7H2,1-3H3/t12-/m0/s1. The van der Waals surface area contributed by atoms with Crippen LogP contribution in [0.2, 0.25) is 0 Å². The first-order valence-corrected chi connectivity index (χ1v) is 5.57. The zero-order chi connectivity index (χ0) is 11.7. The molecule has 0 heterocycles. The summed E-state index contributed by atoms with van der Waals surface area (Å²) in [7, 11) is 3.40. The van der Waals surface area contributed by atoms with E-state index in [-0.39, 0.29) is 5.97 Å². The summed E-state index contributed by atoms with van der Waals surface area (Å²) in [6, 6.07) is 4.35. The Morgan fingerprint density at radius 3 is 2.88 bits per heavy atom. The molecular weight excluding hydrogens is 202 g/mol. The fraction of sp³-hybridized carbons (Fsp3) is 0.462. The molecule has 0 spiro atoms. The maximum absolute atomic E-state index is 11.5. The van der Waals surface area contributed by atoms with Crippen LogP contribution < -0.4 is 5.32 Å². The average molecular weight is 219 g/mol. The van der Waals surface area contributed by atoms with E-state index in [1.54, 1.807) is 0 Å². The van der Waals surface area contributed by atoms with Gasteiger partial charge in [0.2, 0.25) is 0 Å². The van der Waals surface area contributed by atoms with Gasteiger partial charge in [0.25, 0.3) is 0 Å². The van der Waals surface area contributed by atoms with E-state index in [1.807, 2.05) is 26.1 Å². The number of fused-ring (bicyclic) bond motifs is 1. The van der Waals surface area contributed by atoms with Crippen LogP contribution in [0.3, 0.4) is 0 Å². The van der Waals surface area contributed by atoms with Crippen molar-refractivity contribution in [3.8, 4) is 0 Å². The van der Waals surface area contributed by atoms with Crippen molar-refractivity contribution in [2.75, 3.05) is 14.2 Å². The normalized spacial score (nSPS) is 18.3. The molecule has 0 amide bonds. The zero-order valence-corrected chi connectivity index (χ0v) is 9.96. The molecule has 1 aliphatic rings. The van der Waals surface area contributed by atoms with Crippen molar-refractivity contribution >= 4 is 5.97 Å². The highest BCUT2D eigenvalue weighted by Gasteiger charge is 2.24. The molecule has 0 fully saturated rings. The lowest BCUT2D eigenvalue weighted by Crippen LogP contribution is -2.13. The third-order valence-corrected chi connectivity index (χ3v) is 3.45. The predicted molar refractivity (Wildman–Crippen MR) is 62.6 cm³/mol. The van der Waals surface area contributed by atoms with E-state index in [4.69, 9.17) is 4.74 Å². The van der Waals surface area contributed by atoms with E-state index in [1.165, 1.54) is 18.2 Å². The van der Waals surface area contributed by atoms with Gasteiger partial charge in [-0.1, -0.05) is 6.07 Å². The van der Waals surface area contributed by atoms with Crippen molar-refractivity contribution in [1.29, 1.82) is 0 Å². The van der Waals surface area contributed by atoms with Gasteiger partial charge in [-0.25, -0.2) is 4.79 Å². The van der Waals surface area contributed by atoms with Crippen LogP contribution in [-0.2, 0) is 11.2 Å². The van der Waals surface area contributed by atoms with Gasteiger partial charge < -0.3 is 10.1 Å². The molecule has 0 saturated carbocycles. The van der Waals surface area contributed by atoms with Crippen molar-refractivity contribution in [3.05, 3.63) is 34.4 Å². The third-order valence-electron chi connectivity index (χ3n) is 3.45. The third kappa shape index (κ3) is 1.61. The molecule has 0 aliphatic heterocycles. The Morgan fingerprint density at radius 2 is 2.25 bits per heavy atom. The minimum absolute atomic E-state index is 0.242. The number of hydrogen-bond acceptors (Lipinski definition) is 3. The second-order valence-corrected chi connectivity index (χ2v) is 4.18. The van der Waals surface area contributed by atoms with Crippen molar-refractivity contribution in [2.45, 2.75) is 25.8 Å². The van der Waals surface area contributed by atoms with Crippen LogP contribution >= 0.6 is 0 Å². The number of carbonyl (C=O) groups excluding carboxylic acids is 1. The molecule has 0 saturated heterocycles. The van der Waals surface area contributed by atoms with E-state index in [9.17, 15) is 4.79 Å². The number of carbonyl (C=O) groups is 1. The first-order valence-electron chi connectivity index (χ1n) is 5.57. The molecule has 16 heavy (non-hydrogen) atoms. The molecule has 0 radical (unpaired) electrons. The second-order valence-electron chi connectivity index (χ2n) is 4.18. The van der Waals surface area contributed by atoms with Gasteiger partial charge in [-0.2, -0.15) is 0 Å². The lowest BCUT2D eigenvalue weighted by molar-refractivity contribution is 0.0600.